The van der Waals surface area contributed by atoms with E-state index >= 15 is 0 Å². The van der Waals surface area contributed by atoms with Gasteiger partial charge in [-0.1, -0.05) is 192 Å². The van der Waals surface area contributed by atoms with Crippen LogP contribution in [-0.2, 0) is 25.7 Å². The lowest BCUT2D eigenvalue weighted by molar-refractivity contribution is -0.231. The zero-order valence-electron chi connectivity index (χ0n) is 36.8. The van der Waals surface area contributed by atoms with Gasteiger partial charge in [0.1, 0.15) is 37.5 Å². The molecule has 11 heteroatoms. The number of unbranched alkanes of at least 4 members (excludes halogenated alkanes) is 23. The highest BCUT2D eigenvalue weighted by molar-refractivity contribution is 5.82. The van der Waals surface area contributed by atoms with E-state index in [1.54, 1.807) is 4.90 Å². The van der Waals surface area contributed by atoms with Crippen molar-refractivity contribution in [3.63, 3.8) is 0 Å². The maximum absolute atomic E-state index is 14.0. The third kappa shape index (κ3) is 22.0. The molecule has 0 unspecified atom stereocenters. The molecule has 334 valence electrons. The number of aliphatic hydroxyl groups is 3. The number of hydrogen-bond donors (Lipinski definition) is 4. The Bertz CT molecular complexity index is 1190. The first-order valence-electron chi connectivity index (χ1n) is 23.4. The second-order valence-electron chi connectivity index (χ2n) is 16.7. The molecular weight excluding hydrogens is 735 g/mol. The van der Waals surface area contributed by atoms with Gasteiger partial charge in [-0.2, -0.15) is 0 Å². The molecular formula is C47H83N3O8. The van der Waals surface area contributed by atoms with Gasteiger partial charge in [0.05, 0.1) is 6.61 Å². The number of likely N-dealkylation sites (N-methyl/N-ethyl adjacent to an activating group) is 1. The third-order valence-electron chi connectivity index (χ3n) is 11.5. The van der Waals surface area contributed by atoms with Gasteiger partial charge in [0.25, 0.3) is 0 Å². The Morgan fingerprint density at radius 3 is 1.62 bits per heavy atom. The number of rotatable bonds is 34. The van der Waals surface area contributed by atoms with Crippen LogP contribution >= 0.6 is 0 Å². The number of aliphatic hydroxyl groups excluding tert-OH is 3. The van der Waals surface area contributed by atoms with Gasteiger partial charge in [0.15, 0.2) is 6.23 Å². The Morgan fingerprint density at radius 1 is 0.672 bits per heavy atom. The average Bonchev–Trinajstić information content (AvgIpc) is 3.22. The summed E-state index contributed by atoms with van der Waals surface area (Å²) < 4.78 is 11.5. The van der Waals surface area contributed by atoms with Crippen LogP contribution in [0.2, 0.25) is 0 Å². The lowest BCUT2D eigenvalue weighted by Gasteiger charge is -2.47. The van der Waals surface area contributed by atoms with Crippen molar-refractivity contribution in [2.24, 2.45) is 0 Å². The molecule has 0 saturated carbocycles. The molecule has 0 radical (unpaired) electrons. The molecule has 1 aliphatic rings. The molecule has 1 heterocycles. The second-order valence-corrected chi connectivity index (χ2v) is 16.7. The fourth-order valence-electron chi connectivity index (χ4n) is 7.82. The van der Waals surface area contributed by atoms with Crippen LogP contribution in [-0.4, -0.2) is 100 Å². The number of nitrogens with zero attached hydrogens (tertiary/aromatic N) is 2. The molecule has 0 aromatic heterocycles. The summed E-state index contributed by atoms with van der Waals surface area (Å²) in [5, 5.41) is 35.0. The van der Waals surface area contributed by atoms with Gasteiger partial charge < -0.3 is 39.9 Å². The van der Waals surface area contributed by atoms with Gasteiger partial charge in [-0.3, -0.25) is 9.59 Å². The first kappa shape index (κ1) is 51.4. The molecule has 1 aliphatic heterocycles. The molecule has 1 aromatic rings. The van der Waals surface area contributed by atoms with Crippen molar-refractivity contribution in [2.75, 3.05) is 26.7 Å². The van der Waals surface area contributed by atoms with Crippen LogP contribution in [0.4, 0.5) is 4.79 Å². The summed E-state index contributed by atoms with van der Waals surface area (Å²) in [5.74, 6) is -0.753. The molecule has 11 nitrogen and oxygen atoms in total. The molecule has 2 rings (SSSR count). The fourth-order valence-corrected chi connectivity index (χ4v) is 7.82. The first-order chi connectivity index (χ1) is 28.2. The van der Waals surface area contributed by atoms with Gasteiger partial charge in [0, 0.05) is 20.0 Å². The SMILES string of the molecule is CCCCCCCCCCCCCCCCCC(=O)N(CCCCCCCCCCCC)[C@@H]1O[C@H](CO)[C@@H](O)[C@H](O)[C@H]1NC(=O)CN(C)C(=O)OCc1ccccc1. The number of ether oxygens (including phenoxy) is 2. The average molecular weight is 818 g/mol. The summed E-state index contributed by atoms with van der Waals surface area (Å²) in [5.41, 5.74) is 0.808. The summed E-state index contributed by atoms with van der Waals surface area (Å²) in [6, 6.07) is 8.03. The molecule has 3 amide bonds. The zero-order chi connectivity index (χ0) is 42.2. The van der Waals surface area contributed by atoms with Crippen molar-refractivity contribution >= 4 is 17.9 Å². The Morgan fingerprint density at radius 2 is 1.14 bits per heavy atom. The Hall–Kier alpha value is -2.73. The number of carbonyl (C=O) groups excluding carboxylic acids is 3. The maximum atomic E-state index is 14.0. The van der Waals surface area contributed by atoms with E-state index in [4.69, 9.17) is 9.47 Å². The second kappa shape index (κ2) is 33.0. The van der Waals surface area contributed by atoms with Gasteiger partial charge in [-0.15, -0.1) is 0 Å². The van der Waals surface area contributed by atoms with Crippen molar-refractivity contribution < 1.29 is 39.2 Å². The highest BCUT2D eigenvalue weighted by Gasteiger charge is 2.48. The maximum Gasteiger partial charge on any atom is 0.410 e. The van der Waals surface area contributed by atoms with E-state index in [-0.39, 0.29) is 19.1 Å². The van der Waals surface area contributed by atoms with Gasteiger partial charge >= 0.3 is 6.09 Å². The number of nitrogens with one attached hydrogen (secondary N) is 1. The minimum atomic E-state index is -1.52. The predicted molar refractivity (Wildman–Crippen MR) is 232 cm³/mol. The van der Waals surface area contributed by atoms with E-state index in [1.165, 1.54) is 116 Å². The smallest absolute Gasteiger partial charge is 0.410 e. The van der Waals surface area contributed by atoms with E-state index < -0.39 is 49.2 Å². The van der Waals surface area contributed by atoms with Crippen molar-refractivity contribution in [3.8, 4) is 0 Å². The largest absolute Gasteiger partial charge is 0.445 e. The molecule has 0 bridgehead atoms. The van der Waals surface area contributed by atoms with Crippen LogP contribution < -0.4 is 5.32 Å². The topological polar surface area (TPSA) is 149 Å². The molecule has 1 aromatic carbocycles. The van der Waals surface area contributed by atoms with Gasteiger partial charge in [-0.25, -0.2) is 4.79 Å². The molecule has 0 aliphatic carbocycles. The lowest BCUT2D eigenvalue weighted by Crippen LogP contribution is -2.69. The van der Waals surface area contributed by atoms with E-state index in [9.17, 15) is 29.7 Å². The molecule has 0 spiro atoms. The van der Waals surface area contributed by atoms with Gasteiger partial charge in [-0.05, 0) is 18.4 Å². The van der Waals surface area contributed by atoms with Crippen LogP contribution in [0, 0.1) is 0 Å². The third-order valence-corrected chi connectivity index (χ3v) is 11.5. The quantitative estimate of drug-likeness (QED) is 0.0504. The van der Waals surface area contributed by atoms with Crippen molar-refractivity contribution in [1.82, 2.24) is 15.1 Å². The van der Waals surface area contributed by atoms with Crippen molar-refractivity contribution in [3.05, 3.63) is 35.9 Å². The summed E-state index contributed by atoms with van der Waals surface area (Å²) in [7, 11) is 1.44. The lowest BCUT2D eigenvalue weighted by atomic mass is 9.94. The number of carbonyl (C=O) groups is 3. The highest BCUT2D eigenvalue weighted by atomic mass is 16.6. The molecule has 1 saturated heterocycles. The van der Waals surface area contributed by atoms with Gasteiger partial charge in [0.2, 0.25) is 11.8 Å². The van der Waals surface area contributed by atoms with Crippen LogP contribution in [0.15, 0.2) is 30.3 Å². The highest BCUT2D eigenvalue weighted by Crippen LogP contribution is 2.26. The fraction of sp³-hybridized carbons (Fsp3) is 0.809. The van der Waals surface area contributed by atoms with E-state index in [0.29, 0.717) is 13.0 Å². The summed E-state index contributed by atoms with van der Waals surface area (Å²) in [6.07, 6.45) is 24.1. The van der Waals surface area contributed by atoms with E-state index in [0.717, 1.165) is 61.8 Å². The van der Waals surface area contributed by atoms with Crippen LogP contribution in [0.3, 0.4) is 0 Å². The minimum Gasteiger partial charge on any atom is -0.445 e. The minimum absolute atomic E-state index is 0.0486. The normalized spacial score (nSPS) is 19.2. The Balaban J connectivity index is 1.96. The number of hydrogen-bond acceptors (Lipinski definition) is 8. The zero-order valence-corrected chi connectivity index (χ0v) is 36.8. The predicted octanol–water partition coefficient (Wildman–Crippen LogP) is 9.19. The van der Waals surface area contributed by atoms with Crippen LogP contribution in [0.5, 0.6) is 0 Å². The van der Waals surface area contributed by atoms with Crippen LogP contribution in [0.25, 0.3) is 0 Å². The number of amides is 3. The van der Waals surface area contributed by atoms with Crippen molar-refractivity contribution in [2.45, 2.75) is 218 Å². The first-order valence-corrected chi connectivity index (χ1v) is 23.4. The summed E-state index contributed by atoms with van der Waals surface area (Å²) in [6.45, 7) is 3.94. The Labute approximate surface area is 352 Å². The van der Waals surface area contributed by atoms with E-state index in [2.05, 4.69) is 19.2 Å². The molecule has 1 fully saturated rings. The van der Waals surface area contributed by atoms with Crippen LogP contribution in [0.1, 0.15) is 186 Å². The summed E-state index contributed by atoms with van der Waals surface area (Å²) >= 11 is 0. The molecule has 4 N–H and O–H groups in total. The molecule has 58 heavy (non-hydrogen) atoms. The monoisotopic (exact) mass is 818 g/mol. The Kier molecular flexibility index (Phi) is 29.3. The summed E-state index contributed by atoms with van der Waals surface area (Å²) in [4.78, 5) is 42.8. The number of benzene rings is 1. The molecule has 5 atom stereocenters. The van der Waals surface area contributed by atoms with Crippen molar-refractivity contribution in [1.29, 1.82) is 0 Å². The standard InChI is InChI=1S/C47H83N3O8/c1-4-6-8-10-12-14-16-17-18-19-20-21-23-25-30-34-42(53)50(35-31-26-24-22-15-13-11-9-7-5-2)46-43(45(55)44(54)40(37-51)58-46)48-41(52)36-49(3)47(56)57-38-39-32-28-27-29-33-39/h27-29,32-33,40,43-46,51,54-55H,4-26,30-31,34-38H2,1-3H3,(H,48,52)/t40-,43-,44-,45-,46-/m1/s1. The van der Waals surface area contributed by atoms with E-state index in [1.807, 2.05) is 30.3 Å².